The molecule has 7 nitrogen and oxygen atoms in total. The van der Waals surface area contributed by atoms with E-state index in [4.69, 9.17) is 4.42 Å². The molecule has 0 aliphatic carbocycles. The maximum absolute atomic E-state index is 12.7. The number of piperidine rings is 1. The highest BCUT2D eigenvalue weighted by atomic mass is 79.9. The Balaban J connectivity index is 1.48. The fourth-order valence-corrected chi connectivity index (χ4v) is 3.90. The van der Waals surface area contributed by atoms with Gasteiger partial charge in [-0.15, -0.1) is 0 Å². The molecule has 0 aromatic carbocycles. The van der Waals surface area contributed by atoms with Gasteiger partial charge in [0, 0.05) is 38.1 Å². The maximum atomic E-state index is 12.7. The predicted molar refractivity (Wildman–Crippen MR) is 98.4 cm³/mol. The Morgan fingerprint density at radius 3 is 2.50 bits per heavy atom. The Bertz CT molecular complexity index is 694. The lowest BCUT2D eigenvalue weighted by Gasteiger charge is -2.33. The zero-order valence-electron chi connectivity index (χ0n) is 15.0. The van der Waals surface area contributed by atoms with E-state index in [0.29, 0.717) is 43.6 Å². The topological polar surface area (TPSA) is 82.9 Å². The van der Waals surface area contributed by atoms with Crippen LogP contribution in [0.5, 0.6) is 0 Å². The first-order chi connectivity index (χ1) is 12.3. The Hall–Kier alpha value is -1.83. The van der Waals surface area contributed by atoms with E-state index in [1.54, 1.807) is 17.0 Å². The molecule has 0 spiro atoms. The molecule has 2 aliphatic rings. The van der Waals surface area contributed by atoms with E-state index >= 15 is 0 Å². The number of halogens is 1. The average molecular weight is 426 g/mol. The molecule has 1 unspecified atom stereocenters. The number of hydrogen-bond acceptors (Lipinski definition) is 4. The van der Waals surface area contributed by atoms with E-state index in [1.165, 1.54) is 0 Å². The van der Waals surface area contributed by atoms with Crippen LogP contribution >= 0.6 is 15.9 Å². The van der Waals surface area contributed by atoms with Gasteiger partial charge in [-0.3, -0.25) is 14.4 Å². The highest BCUT2D eigenvalue weighted by molar-refractivity contribution is 9.10. The number of likely N-dealkylation sites (tertiary alicyclic amines) is 2. The lowest BCUT2D eigenvalue weighted by atomic mass is 10.0. The second-order valence-electron chi connectivity index (χ2n) is 7.22. The van der Waals surface area contributed by atoms with Crippen LogP contribution in [0.4, 0.5) is 0 Å². The van der Waals surface area contributed by atoms with Crippen molar-refractivity contribution in [1.29, 1.82) is 0 Å². The van der Waals surface area contributed by atoms with Crippen LogP contribution in [0.15, 0.2) is 21.2 Å². The summed E-state index contributed by atoms with van der Waals surface area (Å²) in [7, 11) is 0. The van der Waals surface area contributed by atoms with Crippen LogP contribution in [0.25, 0.3) is 0 Å². The van der Waals surface area contributed by atoms with E-state index in [-0.39, 0.29) is 41.5 Å². The van der Waals surface area contributed by atoms with Gasteiger partial charge in [0.15, 0.2) is 10.4 Å². The quantitative estimate of drug-likeness (QED) is 0.799. The summed E-state index contributed by atoms with van der Waals surface area (Å²) < 4.78 is 5.77. The first-order valence-electron chi connectivity index (χ1n) is 8.99. The Morgan fingerprint density at radius 1 is 1.27 bits per heavy atom. The molecule has 2 aliphatic heterocycles. The minimum absolute atomic E-state index is 0.0211. The number of carbonyl (C=O) groups is 3. The van der Waals surface area contributed by atoms with Crippen molar-refractivity contribution < 1.29 is 18.8 Å². The van der Waals surface area contributed by atoms with Crippen LogP contribution in [0, 0.1) is 5.92 Å². The van der Waals surface area contributed by atoms with Crippen molar-refractivity contribution in [3.63, 3.8) is 0 Å². The Labute approximate surface area is 161 Å². The fraction of sp³-hybridized carbons (Fsp3) is 0.611. The maximum Gasteiger partial charge on any atom is 0.287 e. The van der Waals surface area contributed by atoms with E-state index < -0.39 is 0 Å². The summed E-state index contributed by atoms with van der Waals surface area (Å²) in [6.45, 7) is 5.64. The van der Waals surface area contributed by atoms with Gasteiger partial charge in [0.2, 0.25) is 11.8 Å². The molecule has 0 saturated carbocycles. The first-order valence-corrected chi connectivity index (χ1v) is 9.79. The summed E-state index contributed by atoms with van der Waals surface area (Å²) in [6, 6.07) is 3.45. The molecule has 26 heavy (non-hydrogen) atoms. The van der Waals surface area contributed by atoms with Gasteiger partial charge in [-0.2, -0.15) is 0 Å². The number of rotatable bonds is 4. The smallest absolute Gasteiger partial charge is 0.287 e. The lowest BCUT2D eigenvalue weighted by Crippen LogP contribution is -2.48. The van der Waals surface area contributed by atoms with Crippen LogP contribution in [0.3, 0.4) is 0 Å². The predicted octanol–water partition coefficient (Wildman–Crippen LogP) is 2.02. The molecule has 2 fully saturated rings. The average Bonchev–Trinajstić information content (AvgIpc) is 3.21. The number of nitrogens with one attached hydrogen (secondary N) is 1. The van der Waals surface area contributed by atoms with Crippen molar-refractivity contribution >= 4 is 33.7 Å². The zero-order valence-corrected chi connectivity index (χ0v) is 16.6. The number of amides is 3. The Kier molecular flexibility index (Phi) is 5.70. The fourth-order valence-electron chi connectivity index (χ4n) is 3.59. The second-order valence-corrected chi connectivity index (χ2v) is 8.00. The molecule has 3 rings (SSSR count). The van der Waals surface area contributed by atoms with Crippen LogP contribution in [-0.2, 0) is 9.59 Å². The Morgan fingerprint density at radius 2 is 1.96 bits per heavy atom. The van der Waals surface area contributed by atoms with Gasteiger partial charge in [0.05, 0.1) is 5.92 Å². The van der Waals surface area contributed by atoms with Crippen molar-refractivity contribution in [2.45, 2.75) is 45.2 Å². The summed E-state index contributed by atoms with van der Waals surface area (Å²) in [6.07, 6.45) is 1.71. The first kappa shape index (κ1) is 18.9. The van der Waals surface area contributed by atoms with E-state index in [0.717, 1.165) is 0 Å². The standard InChI is InChI=1S/C18H24BrN3O4/c1-11(2)22-10-12(9-16(22)23)18(25)21-7-5-13(6-8-21)20-17(24)14-3-4-15(19)26-14/h3-4,11-13H,5-10H2,1-2H3,(H,20,24). The van der Waals surface area contributed by atoms with Gasteiger partial charge in [-0.1, -0.05) is 0 Å². The highest BCUT2D eigenvalue weighted by Crippen LogP contribution is 2.24. The third-order valence-corrected chi connectivity index (χ3v) is 5.50. The third kappa shape index (κ3) is 4.11. The number of nitrogens with zero attached hydrogens (tertiary/aromatic N) is 2. The molecule has 1 aromatic rings. The minimum Gasteiger partial charge on any atom is -0.444 e. The second kappa shape index (κ2) is 7.82. The molecular weight excluding hydrogens is 402 g/mol. The van der Waals surface area contributed by atoms with Gasteiger partial charge < -0.3 is 19.5 Å². The SMILES string of the molecule is CC(C)N1CC(C(=O)N2CCC(NC(=O)c3ccc(Br)o3)CC2)CC1=O. The number of carbonyl (C=O) groups excluding carboxylic acids is 3. The molecule has 3 amide bonds. The minimum atomic E-state index is -0.241. The monoisotopic (exact) mass is 425 g/mol. The van der Waals surface area contributed by atoms with Gasteiger partial charge in [0.1, 0.15) is 0 Å². The summed E-state index contributed by atoms with van der Waals surface area (Å²) in [5.74, 6) is -0.0917. The molecule has 0 bridgehead atoms. The normalized spacial score (nSPS) is 21.5. The van der Waals surface area contributed by atoms with Crippen molar-refractivity contribution in [3.05, 3.63) is 22.6 Å². The zero-order chi connectivity index (χ0) is 18.8. The van der Waals surface area contributed by atoms with Crippen LogP contribution < -0.4 is 5.32 Å². The van der Waals surface area contributed by atoms with Crippen molar-refractivity contribution in [2.75, 3.05) is 19.6 Å². The van der Waals surface area contributed by atoms with E-state index in [9.17, 15) is 14.4 Å². The molecule has 142 valence electrons. The van der Waals surface area contributed by atoms with Gasteiger partial charge in [-0.05, 0) is 54.8 Å². The summed E-state index contributed by atoms with van der Waals surface area (Å²) in [5, 5.41) is 2.95. The van der Waals surface area contributed by atoms with Gasteiger partial charge in [-0.25, -0.2) is 0 Å². The van der Waals surface area contributed by atoms with Crippen LogP contribution in [-0.4, -0.2) is 59.2 Å². The van der Waals surface area contributed by atoms with Crippen molar-refractivity contribution in [1.82, 2.24) is 15.1 Å². The molecule has 8 heteroatoms. The highest BCUT2D eigenvalue weighted by Gasteiger charge is 2.38. The summed E-state index contributed by atoms with van der Waals surface area (Å²) in [5.41, 5.74) is 0. The van der Waals surface area contributed by atoms with Crippen LogP contribution in [0.2, 0.25) is 0 Å². The molecule has 1 atom stereocenters. The molecule has 1 N–H and O–H groups in total. The van der Waals surface area contributed by atoms with Crippen molar-refractivity contribution in [2.24, 2.45) is 5.92 Å². The lowest BCUT2D eigenvalue weighted by molar-refractivity contribution is -0.136. The molecule has 1 aromatic heterocycles. The summed E-state index contributed by atoms with van der Waals surface area (Å²) in [4.78, 5) is 40.5. The molecule has 3 heterocycles. The van der Waals surface area contributed by atoms with Gasteiger partial charge in [0.25, 0.3) is 5.91 Å². The molecule has 0 radical (unpaired) electrons. The van der Waals surface area contributed by atoms with Gasteiger partial charge >= 0.3 is 0 Å². The summed E-state index contributed by atoms with van der Waals surface area (Å²) >= 11 is 3.18. The van der Waals surface area contributed by atoms with Crippen LogP contribution in [0.1, 0.15) is 43.7 Å². The van der Waals surface area contributed by atoms with E-state index in [2.05, 4.69) is 21.2 Å². The third-order valence-electron chi connectivity index (χ3n) is 5.07. The molecule has 2 saturated heterocycles. The molecular formula is C18H24BrN3O4. The largest absolute Gasteiger partial charge is 0.444 e. The number of hydrogen-bond donors (Lipinski definition) is 1. The van der Waals surface area contributed by atoms with Crippen molar-refractivity contribution in [3.8, 4) is 0 Å². The number of furan rings is 1. The van der Waals surface area contributed by atoms with E-state index in [1.807, 2.05) is 18.7 Å².